The third kappa shape index (κ3) is 3.38. The molecule has 1 amide bonds. The summed E-state index contributed by atoms with van der Waals surface area (Å²) in [6, 6.07) is 5.33. The van der Waals surface area contributed by atoms with E-state index in [9.17, 15) is 9.90 Å². The first kappa shape index (κ1) is 17.1. The van der Waals surface area contributed by atoms with Gasteiger partial charge in [0.05, 0.1) is 22.1 Å². The Kier molecular flexibility index (Phi) is 4.91. The van der Waals surface area contributed by atoms with E-state index in [1.54, 1.807) is 12.1 Å². The lowest BCUT2D eigenvalue weighted by Gasteiger charge is -2.40. The molecular weight excluding hydrogens is 333 g/mol. The highest BCUT2D eigenvalue weighted by Gasteiger charge is 2.48. The van der Waals surface area contributed by atoms with Crippen LogP contribution in [0.5, 0.6) is 0 Å². The van der Waals surface area contributed by atoms with E-state index in [0.29, 0.717) is 28.9 Å². The molecule has 0 radical (unpaired) electrons. The minimum absolute atomic E-state index is 0.108. The molecule has 1 heterocycles. The van der Waals surface area contributed by atoms with E-state index in [-0.39, 0.29) is 11.8 Å². The van der Waals surface area contributed by atoms with E-state index >= 15 is 0 Å². The Bertz CT molecular complexity index is 607. The maximum Gasteiger partial charge on any atom is 0.227 e. The van der Waals surface area contributed by atoms with Crippen molar-refractivity contribution in [3.63, 3.8) is 0 Å². The van der Waals surface area contributed by atoms with Crippen LogP contribution in [0.2, 0.25) is 10.0 Å². The molecule has 1 saturated heterocycles. The van der Waals surface area contributed by atoms with Gasteiger partial charge in [-0.2, -0.15) is 0 Å². The summed E-state index contributed by atoms with van der Waals surface area (Å²) in [5, 5.41) is 11.8. The summed E-state index contributed by atoms with van der Waals surface area (Å²) in [5.74, 6) is 0.765. The van der Waals surface area contributed by atoms with Crippen LogP contribution in [0, 0.1) is 11.8 Å². The summed E-state index contributed by atoms with van der Waals surface area (Å²) in [5.41, 5.74) is 0.284. The molecule has 1 aromatic carbocycles. The van der Waals surface area contributed by atoms with Crippen molar-refractivity contribution in [3.05, 3.63) is 33.8 Å². The van der Waals surface area contributed by atoms with Crippen LogP contribution in [-0.2, 0) is 11.2 Å². The van der Waals surface area contributed by atoms with Crippen molar-refractivity contribution in [2.45, 2.75) is 44.6 Å². The van der Waals surface area contributed by atoms with Crippen LogP contribution in [0.4, 0.5) is 0 Å². The minimum Gasteiger partial charge on any atom is -0.390 e. The van der Waals surface area contributed by atoms with Crippen molar-refractivity contribution in [2.24, 2.45) is 11.8 Å². The average molecular weight is 356 g/mol. The Morgan fingerprint density at radius 2 is 2.13 bits per heavy atom. The van der Waals surface area contributed by atoms with Gasteiger partial charge in [-0.1, -0.05) is 42.6 Å². The predicted molar refractivity (Wildman–Crippen MR) is 92.8 cm³/mol. The smallest absolute Gasteiger partial charge is 0.227 e. The van der Waals surface area contributed by atoms with Gasteiger partial charge in [0.2, 0.25) is 5.91 Å². The van der Waals surface area contributed by atoms with Crippen molar-refractivity contribution >= 4 is 29.1 Å². The SMILES string of the molecule is CC[C@@]1(O)CCC[C@@H]2CN(C(=O)Cc3ccc(Cl)c(Cl)c3)C[C@@H]21. The Morgan fingerprint density at radius 1 is 1.35 bits per heavy atom. The van der Waals surface area contributed by atoms with E-state index in [0.717, 1.165) is 37.8 Å². The number of nitrogens with zero attached hydrogens (tertiary/aromatic N) is 1. The second kappa shape index (κ2) is 6.62. The number of amides is 1. The van der Waals surface area contributed by atoms with Gasteiger partial charge in [0.1, 0.15) is 0 Å². The molecule has 2 aliphatic rings. The van der Waals surface area contributed by atoms with Crippen LogP contribution < -0.4 is 0 Å². The average Bonchev–Trinajstić information content (AvgIpc) is 2.97. The number of rotatable bonds is 3. The van der Waals surface area contributed by atoms with E-state index in [4.69, 9.17) is 23.2 Å². The van der Waals surface area contributed by atoms with Crippen molar-refractivity contribution in [2.75, 3.05) is 13.1 Å². The number of hydrogen-bond acceptors (Lipinski definition) is 2. The number of carbonyl (C=O) groups excluding carboxylic acids is 1. The standard InChI is InChI=1S/C18H23Cl2NO2/c1-2-18(23)7-3-4-13-10-21(11-14(13)18)17(22)9-12-5-6-15(19)16(20)8-12/h5-6,8,13-14,23H,2-4,7,9-11H2,1H3/t13-,14+,18-/m1/s1. The van der Waals surface area contributed by atoms with Crippen LogP contribution >= 0.6 is 23.2 Å². The van der Waals surface area contributed by atoms with Gasteiger partial charge in [-0.15, -0.1) is 0 Å². The Labute approximate surface area is 147 Å². The summed E-state index contributed by atoms with van der Waals surface area (Å²) in [6.45, 7) is 3.49. The number of halogens is 2. The van der Waals surface area contributed by atoms with Crippen LogP contribution in [0.3, 0.4) is 0 Å². The molecule has 3 nitrogen and oxygen atoms in total. The highest BCUT2D eigenvalue weighted by molar-refractivity contribution is 6.42. The molecule has 1 saturated carbocycles. The van der Waals surface area contributed by atoms with Gasteiger partial charge >= 0.3 is 0 Å². The lowest BCUT2D eigenvalue weighted by Crippen LogP contribution is -2.44. The molecule has 5 heteroatoms. The fourth-order valence-electron chi connectivity index (χ4n) is 4.21. The zero-order chi connectivity index (χ0) is 16.6. The molecule has 3 rings (SSSR count). The summed E-state index contributed by atoms with van der Waals surface area (Å²) in [4.78, 5) is 14.5. The Hall–Kier alpha value is -0.770. The van der Waals surface area contributed by atoms with Gasteiger partial charge in [-0.3, -0.25) is 4.79 Å². The molecule has 0 bridgehead atoms. The molecule has 0 aromatic heterocycles. The number of fused-ring (bicyclic) bond motifs is 1. The largest absolute Gasteiger partial charge is 0.390 e. The molecule has 126 valence electrons. The van der Waals surface area contributed by atoms with E-state index in [2.05, 4.69) is 0 Å². The summed E-state index contributed by atoms with van der Waals surface area (Å²) >= 11 is 11.9. The Balaban J connectivity index is 1.68. The molecule has 1 aliphatic heterocycles. The number of carbonyl (C=O) groups is 1. The molecule has 1 aromatic rings. The highest BCUT2D eigenvalue weighted by atomic mass is 35.5. The minimum atomic E-state index is -0.596. The van der Waals surface area contributed by atoms with E-state index in [1.807, 2.05) is 17.9 Å². The third-order valence-corrected chi connectivity index (χ3v) is 6.36. The third-order valence-electron chi connectivity index (χ3n) is 5.62. The molecule has 3 atom stereocenters. The second-order valence-electron chi connectivity index (χ2n) is 6.94. The highest BCUT2D eigenvalue weighted by Crippen LogP contribution is 2.44. The first-order valence-electron chi connectivity index (χ1n) is 8.37. The molecule has 2 fully saturated rings. The summed E-state index contributed by atoms with van der Waals surface area (Å²) in [7, 11) is 0. The van der Waals surface area contributed by atoms with Gasteiger partial charge < -0.3 is 10.0 Å². The molecule has 0 unspecified atom stereocenters. The fourth-order valence-corrected chi connectivity index (χ4v) is 4.53. The van der Waals surface area contributed by atoms with Gasteiger partial charge in [-0.05, 0) is 42.9 Å². The maximum absolute atomic E-state index is 12.6. The van der Waals surface area contributed by atoms with Crippen molar-refractivity contribution in [3.8, 4) is 0 Å². The van der Waals surface area contributed by atoms with E-state index < -0.39 is 5.60 Å². The molecule has 23 heavy (non-hydrogen) atoms. The number of likely N-dealkylation sites (tertiary alicyclic amines) is 1. The van der Waals surface area contributed by atoms with Crippen LogP contribution in [-0.4, -0.2) is 34.6 Å². The topological polar surface area (TPSA) is 40.5 Å². The summed E-state index contributed by atoms with van der Waals surface area (Å²) < 4.78 is 0. The van der Waals surface area contributed by atoms with E-state index in [1.165, 1.54) is 0 Å². The second-order valence-corrected chi connectivity index (χ2v) is 7.75. The van der Waals surface area contributed by atoms with Crippen LogP contribution in [0.25, 0.3) is 0 Å². The number of benzene rings is 1. The normalized spacial score (nSPS) is 30.3. The lowest BCUT2D eigenvalue weighted by molar-refractivity contribution is -0.130. The fraction of sp³-hybridized carbons (Fsp3) is 0.611. The first-order valence-corrected chi connectivity index (χ1v) is 9.12. The number of hydrogen-bond donors (Lipinski definition) is 1. The van der Waals surface area contributed by atoms with Gasteiger partial charge in [-0.25, -0.2) is 0 Å². The Morgan fingerprint density at radius 3 is 2.83 bits per heavy atom. The zero-order valence-electron chi connectivity index (χ0n) is 13.4. The van der Waals surface area contributed by atoms with Crippen molar-refractivity contribution in [1.29, 1.82) is 0 Å². The first-order chi connectivity index (χ1) is 10.9. The zero-order valence-corrected chi connectivity index (χ0v) is 14.9. The van der Waals surface area contributed by atoms with Crippen LogP contribution in [0.15, 0.2) is 18.2 Å². The van der Waals surface area contributed by atoms with Crippen LogP contribution in [0.1, 0.15) is 38.2 Å². The quantitative estimate of drug-likeness (QED) is 0.891. The maximum atomic E-state index is 12.6. The molecule has 1 aliphatic carbocycles. The van der Waals surface area contributed by atoms with Crippen molar-refractivity contribution in [1.82, 2.24) is 4.90 Å². The predicted octanol–water partition coefficient (Wildman–Crippen LogP) is 3.94. The molecule has 1 N–H and O–H groups in total. The monoisotopic (exact) mass is 355 g/mol. The molecular formula is C18H23Cl2NO2. The van der Waals surface area contributed by atoms with Gasteiger partial charge in [0.15, 0.2) is 0 Å². The summed E-state index contributed by atoms with van der Waals surface area (Å²) in [6.07, 6.45) is 4.13. The van der Waals surface area contributed by atoms with Gasteiger partial charge in [0, 0.05) is 19.0 Å². The lowest BCUT2D eigenvalue weighted by atomic mass is 9.69. The number of aliphatic hydroxyl groups is 1. The van der Waals surface area contributed by atoms with Crippen molar-refractivity contribution < 1.29 is 9.90 Å². The molecule has 0 spiro atoms. The van der Waals surface area contributed by atoms with Gasteiger partial charge in [0.25, 0.3) is 0 Å².